The number of H-pyrrole nitrogens is 1. The van der Waals surface area contributed by atoms with Crippen LogP contribution in [0, 0.1) is 10.1 Å². The number of nitro groups is 1. The maximum atomic E-state index is 12.3. The van der Waals surface area contributed by atoms with E-state index in [9.17, 15) is 14.9 Å². The number of rotatable bonds is 4. The zero-order chi connectivity index (χ0) is 15.5. The summed E-state index contributed by atoms with van der Waals surface area (Å²) in [7, 11) is 0. The lowest BCUT2D eigenvalue weighted by Gasteiger charge is -1.95. The van der Waals surface area contributed by atoms with Crippen LogP contribution in [0.4, 0.5) is 5.69 Å². The first-order valence-corrected chi connectivity index (χ1v) is 6.53. The van der Waals surface area contributed by atoms with E-state index in [-0.39, 0.29) is 11.5 Å². The summed E-state index contributed by atoms with van der Waals surface area (Å²) in [5, 5.41) is 11.4. The van der Waals surface area contributed by atoms with E-state index in [0.29, 0.717) is 16.5 Å². The first kappa shape index (κ1) is 13.7. The number of nitro benzene ring substituents is 1. The molecule has 0 atom stereocenters. The summed E-state index contributed by atoms with van der Waals surface area (Å²) in [6, 6.07) is 8.00. The molecule has 0 aliphatic rings. The van der Waals surface area contributed by atoms with E-state index >= 15 is 0 Å². The summed E-state index contributed by atoms with van der Waals surface area (Å²) in [6.07, 6.45) is 7.94. The molecule has 0 spiro atoms. The van der Waals surface area contributed by atoms with Crippen molar-refractivity contribution in [3.8, 4) is 0 Å². The molecule has 0 unspecified atom stereocenters. The van der Waals surface area contributed by atoms with E-state index in [4.69, 9.17) is 0 Å². The second-order valence-corrected chi connectivity index (χ2v) is 4.67. The highest BCUT2D eigenvalue weighted by molar-refractivity contribution is 6.14. The quantitative estimate of drug-likeness (QED) is 0.345. The van der Waals surface area contributed by atoms with Crippen molar-refractivity contribution in [1.29, 1.82) is 0 Å². The van der Waals surface area contributed by atoms with Crippen LogP contribution in [0.5, 0.6) is 0 Å². The van der Waals surface area contributed by atoms with E-state index in [1.165, 1.54) is 18.2 Å². The third-order valence-electron chi connectivity index (χ3n) is 3.25. The van der Waals surface area contributed by atoms with Gasteiger partial charge in [0.1, 0.15) is 0 Å². The maximum Gasteiger partial charge on any atom is 0.270 e. The monoisotopic (exact) mass is 293 g/mol. The van der Waals surface area contributed by atoms with Crippen LogP contribution in [0.3, 0.4) is 0 Å². The second kappa shape index (κ2) is 5.61. The molecule has 2 aromatic heterocycles. The topological polar surface area (TPSA) is 88.9 Å². The molecule has 0 fully saturated rings. The predicted molar refractivity (Wildman–Crippen MR) is 82.6 cm³/mol. The number of nitrogens with zero attached hydrogens (tertiary/aromatic N) is 2. The molecule has 3 aromatic rings. The number of ketones is 1. The molecule has 0 bridgehead atoms. The van der Waals surface area contributed by atoms with Gasteiger partial charge in [0.05, 0.1) is 4.92 Å². The number of allylic oxidation sites excluding steroid dienone is 1. The van der Waals surface area contributed by atoms with Gasteiger partial charge >= 0.3 is 0 Å². The lowest BCUT2D eigenvalue weighted by molar-refractivity contribution is -0.384. The second-order valence-electron chi connectivity index (χ2n) is 4.67. The van der Waals surface area contributed by atoms with Crippen molar-refractivity contribution in [3.63, 3.8) is 0 Å². The summed E-state index contributed by atoms with van der Waals surface area (Å²) < 4.78 is 0. The molecule has 1 aromatic carbocycles. The van der Waals surface area contributed by atoms with Gasteiger partial charge in [-0.1, -0.05) is 6.07 Å². The van der Waals surface area contributed by atoms with Crippen molar-refractivity contribution >= 4 is 28.4 Å². The van der Waals surface area contributed by atoms with Crippen molar-refractivity contribution < 1.29 is 9.72 Å². The van der Waals surface area contributed by atoms with Gasteiger partial charge in [-0.25, -0.2) is 0 Å². The SMILES string of the molecule is O=C(/C=C\c1cccnc1)c1c[nH]c2ccc([N+](=O)[O-])cc12. The summed E-state index contributed by atoms with van der Waals surface area (Å²) >= 11 is 0. The average Bonchev–Trinajstić information content (AvgIpc) is 2.96. The number of nitrogens with one attached hydrogen (secondary N) is 1. The van der Waals surface area contributed by atoms with Crippen LogP contribution in [-0.2, 0) is 0 Å². The molecule has 0 saturated carbocycles. The Labute approximate surface area is 125 Å². The highest BCUT2D eigenvalue weighted by Gasteiger charge is 2.13. The van der Waals surface area contributed by atoms with Crippen LogP contribution in [-0.4, -0.2) is 20.7 Å². The molecule has 22 heavy (non-hydrogen) atoms. The number of aromatic nitrogens is 2. The molecule has 6 nitrogen and oxygen atoms in total. The first-order chi connectivity index (χ1) is 10.6. The third kappa shape index (κ3) is 2.62. The van der Waals surface area contributed by atoms with Gasteiger partial charge in [0.15, 0.2) is 5.78 Å². The fourth-order valence-corrected chi connectivity index (χ4v) is 2.16. The minimum absolute atomic E-state index is 0.0441. The molecule has 2 heterocycles. The average molecular weight is 293 g/mol. The summed E-state index contributed by atoms with van der Waals surface area (Å²) in [4.78, 5) is 29.6. The van der Waals surface area contributed by atoms with Gasteiger partial charge in [-0.05, 0) is 29.8 Å². The van der Waals surface area contributed by atoms with E-state index in [2.05, 4.69) is 9.97 Å². The summed E-state index contributed by atoms with van der Waals surface area (Å²) in [6.45, 7) is 0. The molecule has 0 aliphatic heterocycles. The van der Waals surface area contributed by atoms with Crippen LogP contribution in [0.15, 0.2) is 55.0 Å². The van der Waals surface area contributed by atoms with Crippen molar-refractivity contribution in [2.24, 2.45) is 0 Å². The molecular formula is C16H11N3O3. The fraction of sp³-hybridized carbons (Fsp3) is 0. The predicted octanol–water partition coefficient (Wildman–Crippen LogP) is 3.37. The number of non-ortho nitro benzene ring substituents is 1. The van der Waals surface area contributed by atoms with Gasteiger partial charge in [0.2, 0.25) is 0 Å². The number of benzene rings is 1. The molecule has 0 amide bonds. The van der Waals surface area contributed by atoms with Crippen LogP contribution in [0.2, 0.25) is 0 Å². The van der Waals surface area contributed by atoms with Gasteiger partial charge in [0, 0.05) is 47.2 Å². The first-order valence-electron chi connectivity index (χ1n) is 6.53. The van der Waals surface area contributed by atoms with E-state index in [1.54, 1.807) is 36.8 Å². The smallest absolute Gasteiger partial charge is 0.270 e. The highest BCUT2D eigenvalue weighted by atomic mass is 16.6. The maximum absolute atomic E-state index is 12.3. The Morgan fingerprint density at radius 3 is 2.91 bits per heavy atom. The number of hydrogen-bond donors (Lipinski definition) is 1. The van der Waals surface area contributed by atoms with Gasteiger partial charge in [-0.3, -0.25) is 19.9 Å². The lowest BCUT2D eigenvalue weighted by Crippen LogP contribution is -1.93. The molecule has 6 heteroatoms. The normalized spacial score (nSPS) is 11.1. The van der Waals surface area contributed by atoms with Gasteiger partial charge in [0.25, 0.3) is 5.69 Å². The Kier molecular flexibility index (Phi) is 3.49. The molecule has 3 rings (SSSR count). The number of pyridine rings is 1. The Bertz CT molecular complexity index is 882. The Balaban J connectivity index is 1.95. The largest absolute Gasteiger partial charge is 0.360 e. The molecule has 108 valence electrons. The third-order valence-corrected chi connectivity index (χ3v) is 3.25. The van der Waals surface area contributed by atoms with Crippen LogP contribution in [0.1, 0.15) is 15.9 Å². The standard InChI is InChI=1S/C16H11N3O3/c20-16(6-3-11-2-1-7-17-9-11)14-10-18-15-5-4-12(19(21)22)8-13(14)15/h1-10,18H/b6-3-. The van der Waals surface area contributed by atoms with Crippen molar-refractivity contribution in [2.45, 2.75) is 0 Å². The number of aromatic amines is 1. The van der Waals surface area contributed by atoms with Crippen LogP contribution >= 0.6 is 0 Å². The van der Waals surface area contributed by atoms with Gasteiger partial charge in [-0.2, -0.15) is 0 Å². The Hall–Kier alpha value is -3.28. The van der Waals surface area contributed by atoms with Crippen LogP contribution in [0.25, 0.3) is 17.0 Å². The highest BCUT2D eigenvalue weighted by Crippen LogP contribution is 2.24. The molecule has 0 saturated heterocycles. The fourth-order valence-electron chi connectivity index (χ4n) is 2.16. The number of fused-ring (bicyclic) bond motifs is 1. The zero-order valence-electron chi connectivity index (χ0n) is 11.4. The van der Waals surface area contributed by atoms with Gasteiger partial charge < -0.3 is 4.98 Å². The minimum Gasteiger partial charge on any atom is -0.360 e. The van der Waals surface area contributed by atoms with E-state index in [1.807, 2.05) is 6.07 Å². The van der Waals surface area contributed by atoms with E-state index in [0.717, 1.165) is 5.56 Å². The van der Waals surface area contributed by atoms with Crippen molar-refractivity contribution in [3.05, 3.63) is 76.2 Å². The van der Waals surface area contributed by atoms with Gasteiger partial charge in [-0.15, -0.1) is 0 Å². The van der Waals surface area contributed by atoms with Crippen molar-refractivity contribution in [2.75, 3.05) is 0 Å². The molecule has 0 aliphatic carbocycles. The van der Waals surface area contributed by atoms with Crippen LogP contribution < -0.4 is 0 Å². The van der Waals surface area contributed by atoms with Crippen molar-refractivity contribution in [1.82, 2.24) is 9.97 Å². The number of carbonyl (C=O) groups is 1. The zero-order valence-corrected chi connectivity index (χ0v) is 11.4. The molecule has 1 N–H and O–H groups in total. The number of hydrogen-bond acceptors (Lipinski definition) is 4. The molecular weight excluding hydrogens is 282 g/mol. The summed E-state index contributed by atoms with van der Waals surface area (Å²) in [5.74, 6) is -0.226. The Morgan fingerprint density at radius 1 is 1.32 bits per heavy atom. The minimum atomic E-state index is -0.480. The lowest BCUT2D eigenvalue weighted by atomic mass is 10.1. The summed E-state index contributed by atoms with van der Waals surface area (Å²) in [5.41, 5.74) is 1.85. The molecule has 0 radical (unpaired) electrons. The number of carbonyl (C=O) groups excluding carboxylic acids is 1. The van der Waals surface area contributed by atoms with E-state index < -0.39 is 4.92 Å². The Morgan fingerprint density at radius 2 is 2.18 bits per heavy atom.